The molecule has 0 saturated heterocycles. The number of carbonyl (C=O) groups is 1. The normalized spacial score (nSPS) is 10.1. The molecule has 0 aliphatic rings. The molecule has 70 valence electrons. The number of nitrogens with zero attached hydrogens (tertiary/aromatic N) is 2. The highest BCUT2D eigenvalue weighted by molar-refractivity contribution is 9.10. The average Bonchev–Trinajstić information content (AvgIpc) is 2.67. The van der Waals surface area contributed by atoms with Crippen LogP contribution < -0.4 is 0 Å². The van der Waals surface area contributed by atoms with Crippen LogP contribution in [0.4, 0.5) is 0 Å². The predicted octanol–water partition coefficient (Wildman–Crippen LogP) is 2.31. The molecule has 0 atom stereocenters. The van der Waals surface area contributed by atoms with Crippen molar-refractivity contribution < 1.29 is 9.32 Å². The standard InChI is InChI=1S/C9H5BrN2O2/c10-7-3-1-6(2-4-7)9-11-8(5-13)12-14-9/h1-5H. The number of benzene rings is 1. The summed E-state index contributed by atoms with van der Waals surface area (Å²) in [6.07, 6.45) is 0.547. The number of aromatic nitrogens is 2. The molecular formula is C9H5BrN2O2. The monoisotopic (exact) mass is 252 g/mol. The Morgan fingerprint density at radius 1 is 1.29 bits per heavy atom. The molecule has 2 aromatic rings. The summed E-state index contributed by atoms with van der Waals surface area (Å²) in [4.78, 5) is 14.2. The molecule has 0 saturated carbocycles. The van der Waals surface area contributed by atoms with Crippen LogP contribution in [0.3, 0.4) is 0 Å². The quantitative estimate of drug-likeness (QED) is 0.770. The maximum absolute atomic E-state index is 10.3. The van der Waals surface area contributed by atoms with Crippen molar-refractivity contribution in [2.45, 2.75) is 0 Å². The highest BCUT2D eigenvalue weighted by atomic mass is 79.9. The van der Waals surface area contributed by atoms with Crippen molar-refractivity contribution >= 4 is 22.2 Å². The summed E-state index contributed by atoms with van der Waals surface area (Å²) < 4.78 is 5.84. The molecule has 4 nitrogen and oxygen atoms in total. The largest absolute Gasteiger partial charge is 0.334 e. The van der Waals surface area contributed by atoms with Crippen LogP contribution in [0.5, 0.6) is 0 Å². The second-order valence-corrected chi connectivity index (χ2v) is 3.50. The molecule has 14 heavy (non-hydrogen) atoms. The van der Waals surface area contributed by atoms with Gasteiger partial charge in [0.05, 0.1) is 0 Å². The summed E-state index contributed by atoms with van der Waals surface area (Å²) in [5, 5.41) is 3.47. The fourth-order valence-electron chi connectivity index (χ4n) is 0.992. The van der Waals surface area contributed by atoms with Crippen LogP contribution in [0.15, 0.2) is 33.3 Å². The Morgan fingerprint density at radius 3 is 2.57 bits per heavy atom. The molecule has 0 unspecified atom stereocenters. The number of carbonyl (C=O) groups excluding carboxylic acids is 1. The van der Waals surface area contributed by atoms with Gasteiger partial charge in [0.2, 0.25) is 5.82 Å². The van der Waals surface area contributed by atoms with Crippen LogP contribution in [0.1, 0.15) is 10.6 Å². The molecule has 5 heteroatoms. The summed E-state index contributed by atoms with van der Waals surface area (Å²) >= 11 is 3.31. The van der Waals surface area contributed by atoms with Crippen LogP contribution in [0, 0.1) is 0 Å². The number of halogens is 1. The molecule has 0 bridgehead atoms. The molecule has 2 rings (SSSR count). The zero-order chi connectivity index (χ0) is 9.97. The fourth-order valence-corrected chi connectivity index (χ4v) is 1.26. The van der Waals surface area contributed by atoms with Gasteiger partial charge in [-0.3, -0.25) is 4.79 Å². The average molecular weight is 253 g/mol. The molecule has 0 aliphatic heterocycles. The number of aldehydes is 1. The second kappa shape index (κ2) is 3.71. The van der Waals surface area contributed by atoms with Gasteiger partial charge < -0.3 is 4.52 Å². The van der Waals surface area contributed by atoms with E-state index in [1.165, 1.54) is 0 Å². The summed E-state index contributed by atoms with van der Waals surface area (Å²) in [5.41, 5.74) is 0.786. The van der Waals surface area contributed by atoms with Gasteiger partial charge in [-0.05, 0) is 24.3 Å². The molecule has 0 spiro atoms. The molecule has 0 aliphatic carbocycles. The predicted molar refractivity (Wildman–Crippen MR) is 52.8 cm³/mol. The molecule has 0 fully saturated rings. The number of rotatable bonds is 2. The summed E-state index contributed by atoms with van der Waals surface area (Å²) in [6, 6.07) is 7.37. The van der Waals surface area contributed by atoms with Crippen molar-refractivity contribution in [1.82, 2.24) is 10.1 Å². The molecule has 1 heterocycles. The second-order valence-electron chi connectivity index (χ2n) is 2.58. The maximum atomic E-state index is 10.3. The summed E-state index contributed by atoms with van der Waals surface area (Å²) in [5.74, 6) is 0.405. The van der Waals surface area contributed by atoms with Gasteiger partial charge in [0.1, 0.15) is 0 Å². The van der Waals surface area contributed by atoms with E-state index in [9.17, 15) is 4.79 Å². The molecule has 1 aromatic carbocycles. The highest BCUT2D eigenvalue weighted by Gasteiger charge is 2.06. The van der Waals surface area contributed by atoms with Crippen molar-refractivity contribution in [1.29, 1.82) is 0 Å². The lowest BCUT2D eigenvalue weighted by atomic mass is 10.2. The molecular weight excluding hydrogens is 248 g/mol. The number of hydrogen-bond acceptors (Lipinski definition) is 4. The molecule has 0 N–H and O–H groups in total. The van der Waals surface area contributed by atoms with E-state index >= 15 is 0 Å². The van der Waals surface area contributed by atoms with E-state index in [0.717, 1.165) is 10.0 Å². The van der Waals surface area contributed by atoms with E-state index in [0.29, 0.717) is 12.2 Å². The Hall–Kier alpha value is -1.49. The van der Waals surface area contributed by atoms with Crippen LogP contribution in [0.25, 0.3) is 11.5 Å². The van der Waals surface area contributed by atoms with E-state index in [4.69, 9.17) is 4.52 Å². The molecule has 0 amide bonds. The first-order valence-electron chi connectivity index (χ1n) is 3.84. The lowest BCUT2D eigenvalue weighted by Gasteiger charge is -1.92. The summed E-state index contributed by atoms with van der Waals surface area (Å²) in [6.45, 7) is 0. The van der Waals surface area contributed by atoms with Gasteiger partial charge in [-0.1, -0.05) is 21.1 Å². The van der Waals surface area contributed by atoms with Crippen molar-refractivity contribution in [3.63, 3.8) is 0 Å². The first kappa shape index (κ1) is 9.08. The smallest absolute Gasteiger partial charge is 0.258 e. The SMILES string of the molecule is O=Cc1noc(-c2ccc(Br)cc2)n1. The Kier molecular flexibility index (Phi) is 2.41. The Labute approximate surface area is 88.1 Å². The van der Waals surface area contributed by atoms with E-state index in [-0.39, 0.29) is 5.82 Å². The highest BCUT2D eigenvalue weighted by Crippen LogP contribution is 2.19. The third-order valence-electron chi connectivity index (χ3n) is 1.64. The Balaban J connectivity index is 2.39. The number of hydrogen-bond donors (Lipinski definition) is 0. The van der Waals surface area contributed by atoms with E-state index in [1.54, 1.807) is 0 Å². The van der Waals surface area contributed by atoms with E-state index < -0.39 is 0 Å². The van der Waals surface area contributed by atoms with Crippen LogP contribution in [-0.4, -0.2) is 16.4 Å². The van der Waals surface area contributed by atoms with Gasteiger partial charge in [0.25, 0.3) is 5.89 Å². The van der Waals surface area contributed by atoms with Gasteiger partial charge in [-0.15, -0.1) is 0 Å². The van der Waals surface area contributed by atoms with Crippen molar-refractivity contribution in [2.75, 3.05) is 0 Å². The van der Waals surface area contributed by atoms with Crippen LogP contribution >= 0.6 is 15.9 Å². The van der Waals surface area contributed by atoms with Crippen molar-refractivity contribution in [2.24, 2.45) is 0 Å². The molecule has 0 radical (unpaired) electrons. The Bertz CT molecular complexity index is 450. The molecule has 1 aromatic heterocycles. The summed E-state index contributed by atoms with van der Waals surface area (Å²) in [7, 11) is 0. The van der Waals surface area contributed by atoms with Gasteiger partial charge >= 0.3 is 0 Å². The minimum absolute atomic E-state index is 0.0583. The van der Waals surface area contributed by atoms with Gasteiger partial charge in [0.15, 0.2) is 6.29 Å². The Morgan fingerprint density at radius 2 is 2.00 bits per heavy atom. The van der Waals surface area contributed by atoms with Gasteiger partial charge in [-0.25, -0.2) is 0 Å². The first-order chi connectivity index (χ1) is 6.79. The lowest BCUT2D eigenvalue weighted by molar-refractivity contribution is 0.111. The van der Waals surface area contributed by atoms with Crippen LogP contribution in [0.2, 0.25) is 0 Å². The first-order valence-corrected chi connectivity index (χ1v) is 4.64. The van der Waals surface area contributed by atoms with Crippen molar-refractivity contribution in [3.8, 4) is 11.5 Å². The third kappa shape index (κ3) is 1.72. The minimum Gasteiger partial charge on any atom is -0.334 e. The van der Waals surface area contributed by atoms with E-state index in [1.807, 2.05) is 24.3 Å². The topological polar surface area (TPSA) is 56.0 Å². The maximum Gasteiger partial charge on any atom is 0.258 e. The van der Waals surface area contributed by atoms with Gasteiger partial charge in [-0.2, -0.15) is 4.98 Å². The zero-order valence-electron chi connectivity index (χ0n) is 6.98. The fraction of sp³-hybridized carbons (Fsp3) is 0. The van der Waals surface area contributed by atoms with E-state index in [2.05, 4.69) is 26.1 Å². The van der Waals surface area contributed by atoms with Crippen LogP contribution in [-0.2, 0) is 0 Å². The van der Waals surface area contributed by atoms with Crippen molar-refractivity contribution in [3.05, 3.63) is 34.6 Å². The lowest BCUT2D eigenvalue weighted by Crippen LogP contribution is -1.81. The zero-order valence-corrected chi connectivity index (χ0v) is 8.56. The van der Waals surface area contributed by atoms with Gasteiger partial charge in [0, 0.05) is 10.0 Å². The minimum atomic E-state index is 0.0583. The third-order valence-corrected chi connectivity index (χ3v) is 2.17.